The van der Waals surface area contributed by atoms with E-state index in [-0.39, 0.29) is 23.8 Å². The van der Waals surface area contributed by atoms with E-state index in [0.29, 0.717) is 17.7 Å². The fourth-order valence-corrected chi connectivity index (χ4v) is 2.70. The Morgan fingerprint density at radius 2 is 1.87 bits per heavy atom. The van der Waals surface area contributed by atoms with Crippen LogP contribution < -0.4 is 16.2 Å². The minimum absolute atomic E-state index is 0.0984. The zero-order valence-corrected chi connectivity index (χ0v) is 13.2. The van der Waals surface area contributed by atoms with Gasteiger partial charge >= 0.3 is 0 Å². The van der Waals surface area contributed by atoms with Crippen LogP contribution in [0.4, 0.5) is 10.1 Å². The van der Waals surface area contributed by atoms with Gasteiger partial charge in [0.15, 0.2) is 0 Å². The monoisotopic (exact) mass is 313 g/mol. The molecule has 1 fully saturated rings. The average molecular weight is 313 g/mol. The summed E-state index contributed by atoms with van der Waals surface area (Å²) in [5.74, 6) is -0.402. The molecule has 3 N–H and O–H groups in total. The van der Waals surface area contributed by atoms with Gasteiger partial charge in [0, 0.05) is 11.7 Å². The summed E-state index contributed by atoms with van der Waals surface area (Å²) in [6.45, 7) is 3.72. The van der Waals surface area contributed by atoms with Gasteiger partial charge in [-0.25, -0.2) is 15.2 Å². The molecule has 2 unspecified atom stereocenters. The number of carbonyl (C=O) groups is 1. The molecule has 0 bridgehead atoms. The summed E-state index contributed by atoms with van der Waals surface area (Å²) in [6.07, 6.45) is 0.662. The van der Waals surface area contributed by atoms with Crippen molar-refractivity contribution in [3.63, 3.8) is 0 Å². The van der Waals surface area contributed by atoms with Gasteiger partial charge in [0.2, 0.25) is 5.91 Å². The van der Waals surface area contributed by atoms with Crippen molar-refractivity contribution in [3.05, 3.63) is 65.0 Å². The highest BCUT2D eigenvalue weighted by atomic mass is 19.1. The summed E-state index contributed by atoms with van der Waals surface area (Å²) in [5, 5.41) is 2.82. The third kappa shape index (κ3) is 3.57. The van der Waals surface area contributed by atoms with Gasteiger partial charge in [0.05, 0.1) is 0 Å². The topological polar surface area (TPSA) is 53.2 Å². The zero-order valence-electron chi connectivity index (χ0n) is 13.2. The van der Waals surface area contributed by atoms with Gasteiger partial charge < -0.3 is 5.32 Å². The number of rotatable bonds is 3. The molecule has 0 aromatic heterocycles. The molecule has 5 heteroatoms. The molecule has 2 aromatic rings. The van der Waals surface area contributed by atoms with Crippen molar-refractivity contribution >= 4 is 11.6 Å². The number of carbonyl (C=O) groups excluding carboxylic acids is 1. The van der Waals surface area contributed by atoms with Crippen molar-refractivity contribution < 1.29 is 9.18 Å². The first-order chi connectivity index (χ1) is 11.0. The van der Waals surface area contributed by atoms with Crippen LogP contribution in [-0.4, -0.2) is 11.9 Å². The Morgan fingerprint density at radius 1 is 1.13 bits per heavy atom. The van der Waals surface area contributed by atoms with Crippen LogP contribution in [0.15, 0.2) is 42.5 Å². The van der Waals surface area contributed by atoms with E-state index in [2.05, 4.69) is 40.4 Å². The quantitative estimate of drug-likeness (QED) is 0.816. The predicted octanol–water partition coefficient (Wildman–Crippen LogP) is 2.99. The number of anilines is 1. The van der Waals surface area contributed by atoms with Crippen molar-refractivity contribution in [2.45, 2.75) is 32.4 Å². The van der Waals surface area contributed by atoms with E-state index in [4.69, 9.17) is 0 Å². The molecular weight excluding hydrogens is 293 g/mol. The lowest BCUT2D eigenvalue weighted by Crippen LogP contribution is -2.39. The first-order valence-electron chi connectivity index (χ1n) is 7.67. The minimum Gasteiger partial charge on any atom is -0.325 e. The lowest BCUT2D eigenvalue weighted by atomic mass is 10.0. The molecule has 4 nitrogen and oxygen atoms in total. The maximum absolute atomic E-state index is 13.3. The highest BCUT2D eigenvalue weighted by molar-refractivity contribution is 5.95. The second-order valence-corrected chi connectivity index (χ2v) is 5.99. The lowest BCUT2D eigenvalue weighted by molar-refractivity contribution is -0.117. The molecule has 1 aliphatic rings. The Kier molecular flexibility index (Phi) is 4.41. The molecule has 2 aromatic carbocycles. The van der Waals surface area contributed by atoms with Crippen molar-refractivity contribution in [1.29, 1.82) is 0 Å². The number of nitrogens with one attached hydrogen (secondary N) is 3. The van der Waals surface area contributed by atoms with Crippen LogP contribution >= 0.6 is 0 Å². The fourth-order valence-electron chi connectivity index (χ4n) is 2.70. The number of halogens is 1. The highest BCUT2D eigenvalue weighted by Gasteiger charge is 2.30. The fraction of sp³-hybridized carbons (Fsp3) is 0.278. The van der Waals surface area contributed by atoms with Crippen molar-refractivity contribution in [2.75, 3.05) is 5.32 Å². The van der Waals surface area contributed by atoms with Crippen LogP contribution in [0, 0.1) is 19.7 Å². The molecule has 0 saturated carbocycles. The van der Waals surface area contributed by atoms with Crippen LogP contribution in [0.5, 0.6) is 0 Å². The van der Waals surface area contributed by atoms with Gasteiger partial charge in [-0.3, -0.25) is 4.79 Å². The Labute approximate surface area is 135 Å². The first kappa shape index (κ1) is 15.6. The van der Waals surface area contributed by atoms with Gasteiger partial charge in [-0.2, -0.15) is 0 Å². The minimum atomic E-state index is -0.327. The summed E-state index contributed by atoms with van der Waals surface area (Å²) in [4.78, 5) is 12.3. The number of amides is 1. The van der Waals surface area contributed by atoms with E-state index in [9.17, 15) is 9.18 Å². The van der Waals surface area contributed by atoms with E-state index in [1.54, 1.807) is 19.1 Å². The Bertz CT molecular complexity index is 715. The second kappa shape index (κ2) is 6.48. The Morgan fingerprint density at radius 3 is 2.57 bits per heavy atom. The molecule has 1 aliphatic heterocycles. The maximum Gasteiger partial charge on any atom is 0.242 e. The van der Waals surface area contributed by atoms with Crippen molar-refractivity contribution in [2.24, 2.45) is 0 Å². The van der Waals surface area contributed by atoms with Crippen LogP contribution in [0.1, 0.15) is 29.2 Å². The number of aryl methyl sites for hydroxylation is 2. The first-order valence-corrected chi connectivity index (χ1v) is 7.67. The molecule has 0 radical (unpaired) electrons. The maximum atomic E-state index is 13.3. The number of hydrogen-bond donors (Lipinski definition) is 3. The molecule has 23 heavy (non-hydrogen) atoms. The van der Waals surface area contributed by atoms with Crippen molar-refractivity contribution in [3.8, 4) is 0 Å². The van der Waals surface area contributed by atoms with Crippen molar-refractivity contribution in [1.82, 2.24) is 10.9 Å². The third-order valence-electron chi connectivity index (χ3n) is 4.12. The molecule has 2 atom stereocenters. The van der Waals surface area contributed by atoms with Gasteiger partial charge in [0.25, 0.3) is 0 Å². The third-order valence-corrected chi connectivity index (χ3v) is 4.12. The predicted molar refractivity (Wildman–Crippen MR) is 88.4 cm³/mol. The van der Waals surface area contributed by atoms with Gasteiger partial charge in [0.1, 0.15) is 11.9 Å². The van der Waals surface area contributed by atoms with Crippen LogP contribution in [0.25, 0.3) is 0 Å². The number of benzene rings is 2. The van der Waals surface area contributed by atoms with Crippen LogP contribution in [0.2, 0.25) is 0 Å². The molecule has 1 amide bonds. The summed E-state index contributed by atoms with van der Waals surface area (Å²) >= 11 is 0. The van der Waals surface area contributed by atoms with E-state index in [0.717, 1.165) is 5.56 Å². The second-order valence-electron chi connectivity index (χ2n) is 5.99. The molecule has 120 valence electrons. The van der Waals surface area contributed by atoms with E-state index >= 15 is 0 Å². The highest BCUT2D eigenvalue weighted by Crippen LogP contribution is 2.23. The summed E-state index contributed by atoms with van der Waals surface area (Å²) < 4.78 is 13.3. The molecule has 0 aliphatic carbocycles. The van der Waals surface area contributed by atoms with Gasteiger partial charge in [-0.15, -0.1) is 0 Å². The zero-order chi connectivity index (χ0) is 16.4. The molecular formula is C18H20FN3O. The standard InChI is InChI=1S/C18H20FN3O/c1-11-3-5-13(6-4-11)16-10-17(22-21-16)18(23)20-14-7-8-15(19)12(2)9-14/h3-9,16-17,21-22H,10H2,1-2H3,(H,20,23). The van der Waals surface area contributed by atoms with E-state index in [1.807, 2.05) is 6.92 Å². The SMILES string of the molecule is Cc1ccc(C2CC(C(=O)Nc3ccc(F)c(C)c3)NN2)cc1. The Hall–Kier alpha value is -2.24. The van der Waals surface area contributed by atoms with Gasteiger partial charge in [-0.05, 0) is 49.6 Å². The molecule has 1 heterocycles. The molecule has 1 saturated heterocycles. The number of hydrogen-bond acceptors (Lipinski definition) is 3. The van der Waals surface area contributed by atoms with E-state index in [1.165, 1.54) is 11.6 Å². The smallest absolute Gasteiger partial charge is 0.242 e. The largest absolute Gasteiger partial charge is 0.325 e. The Balaban J connectivity index is 1.63. The van der Waals surface area contributed by atoms with Crippen LogP contribution in [0.3, 0.4) is 0 Å². The van der Waals surface area contributed by atoms with Crippen LogP contribution in [-0.2, 0) is 4.79 Å². The summed E-state index contributed by atoms with van der Waals surface area (Å²) in [6, 6.07) is 12.6. The molecule has 0 spiro atoms. The average Bonchev–Trinajstić information content (AvgIpc) is 3.02. The normalized spacial score (nSPS) is 20.5. The van der Waals surface area contributed by atoms with Gasteiger partial charge in [-0.1, -0.05) is 29.8 Å². The van der Waals surface area contributed by atoms with E-state index < -0.39 is 0 Å². The number of hydrazine groups is 1. The summed E-state index contributed by atoms with van der Waals surface area (Å²) in [5.41, 5.74) is 9.66. The lowest BCUT2D eigenvalue weighted by Gasteiger charge is -2.11. The summed E-state index contributed by atoms with van der Waals surface area (Å²) in [7, 11) is 0. The molecule has 3 rings (SSSR count).